The molecule has 0 aliphatic rings. The minimum absolute atomic E-state index is 0.0868. The van der Waals surface area contributed by atoms with Crippen LogP contribution in [-0.2, 0) is 0 Å². The normalized spacial score (nSPS) is 10.6. The van der Waals surface area contributed by atoms with Gasteiger partial charge in [0.15, 0.2) is 5.69 Å². The molecular weight excluding hydrogens is 210 g/mol. The largest absolute Gasteiger partial charge is 0.505 e. The van der Waals surface area contributed by atoms with Gasteiger partial charge in [0.05, 0.1) is 5.39 Å². The highest BCUT2D eigenvalue weighted by Crippen LogP contribution is 2.38. The summed E-state index contributed by atoms with van der Waals surface area (Å²) in [6, 6.07) is 2.76. The van der Waals surface area contributed by atoms with Crippen molar-refractivity contribution < 1.29 is 9.52 Å². The number of fused-ring (bicyclic) bond motifs is 1. The van der Waals surface area contributed by atoms with Gasteiger partial charge in [-0.1, -0.05) is 0 Å². The van der Waals surface area contributed by atoms with Crippen LogP contribution in [0.5, 0.6) is 5.75 Å². The predicted octanol–water partition coefficient (Wildman–Crippen LogP) is 2.51. The Morgan fingerprint density at radius 3 is 2.56 bits per heavy atom. The first-order valence-electron chi connectivity index (χ1n) is 4.65. The van der Waals surface area contributed by atoms with E-state index in [0.29, 0.717) is 16.5 Å². The van der Waals surface area contributed by atoms with E-state index in [0.717, 1.165) is 0 Å². The first-order valence-corrected chi connectivity index (χ1v) is 4.65. The van der Waals surface area contributed by atoms with Crippen molar-refractivity contribution in [2.45, 2.75) is 13.8 Å². The molecule has 1 heterocycles. The molecule has 1 aromatic carbocycles. The zero-order valence-electron chi connectivity index (χ0n) is 8.77. The third kappa shape index (κ3) is 1.37. The van der Waals surface area contributed by atoms with Crippen molar-refractivity contribution in [2.24, 2.45) is 5.18 Å². The van der Waals surface area contributed by atoms with Crippen LogP contribution in [0.3, 0.4) is 0 Å². The molecule has 82 valence electrons. The molecule has 2 aromatic rings. The zero-order valence-corrected chi connectivity index (χ0v) is 8.77. The quantitative estimate of drug-likeness (QED) is 0.590. The molecule has 1 aromatic heterocycles. The summed E-state index contributed by atoms with van der Waals surface area (Å²) in [5.41, 5.74) is 0.671. The van der Waals surface area contributed by atoms with Gasteiger partial charge in [0, 0.05) is 6.07 Å². The summed E-state index contributed by atoms with van der Waals surface area (Å²) in [4.78, 5) is 21.9. The average molecular weight is 219 g/mol. The standard InChI is InChI=1S/C11H9NO4/c1-5-4-8(13)16-7-3-6(2)11(14)10(12-15)9(5)7/h3-4,14H,1-2H3. The van der Waals surface area contributed by atoms with Crippen LogP contribution in [0.25, 0.3) is 11.0 Å². The topological polar surface area (TPSA) is 79.9 Å². The molecule has 0 amide bonds. The molecule has 0 spiro atoms. The fourth-order valence-electron chi connectivity index (χ4n) is 1.70. The second-order valence-corrected chi connectivity index (χ2v) is 3.60. The lowest BCUT2D eigenvalue weighted by molar-refractivity contribution is 0.472. The van der Waals surface area contributed by atoms with E-state index in [1.165, 1.54) is 12.1 Å². The minimum atomic E-state index is -0.494. The van der Waals surface area contributed by atoms with Crippen LogP contribution in [0.4, 0.5) is 5.69 Å². The Labute approximate surface area is 90.3 Å². The molecule has 2 rings (SSSR count). The molecule has 5 heteroatoms. The summed E-state index contributed by atoms with van der Waals surface area (Å²) < 4.78 is 4.96. The van der Waals surface area contributed by atoms with Crippen LogP contribution in [0.1, 0.15) is 11.1 Å². The number of hydrogen-bond acceptors (Lipinski definition) is 5. The Morgan fingerprint density at radius 1 is 1.25 bits per heavy atom. The molecule has 0 saturated heterocycles. The van der Waals surface area contributed by atoms with Gasteiger partial charge in [0.2, 0.25) is 0 Å². The first kappa shape index (κ1) is 10.4. The molecule has 1 N–H and O–H groups in total. The average Bonchev–Trinajstić information content (AvgIpc) is 2.20. The summed E-state index contributed by atoms with van der Waals surface area (Å²) in [5, 5.41) is 12.8. The number of phenols is 1. The molecule has 0 aliphatic heterocycles. The third-order valence-electron chi connectivity index (χ3n) is 2.46. The van der Waals surface area contributed by atoms with Crippen LogP contribution in [0.15, 0.2) is 26.5 Å². The van der Waals surface area contributed by atoms with Crippen LogP contribution >= 0.6 is 0 Å². The Hall–Kier alpha value is -2.17. The van der Waals surface area contributed by atoms with E-state index >= 15 is 0 Å². The first-order chi connectivity index (χ1) is 7.54. The summed E-state index contributed by atoms with van der Waals surface area (Å²) in [7, 11) is 0. The van der Waals surface area contributed by atoms with Crippen molar-refractivity contribution in [3.8, 4) is 5.75 Å². The molecule has 0 fully saturated rings. The van der Waals surface area contributed by atoms with Gasteiger partial charge in [-0.3, -0.25) is 0 Å². The van der Waals surface area contributed by atoms with Gasteiger partial charge in [-0.15, -0.1) is 4.91 Å². The van der Waals surface area contributed by atoms with Gasteiger partial charge in [0.1, 0.15) is 11.3 Å². The fourth-order valence-corrected chi connectivity index (χ4v) is 1.70. The van der Waals surface area contributed by atoms with Crippen LogP contribution in [0.2, 0.25) is 0 Å². The number of aryl methyl sites for hydroxylation is 2. The number of hydrogen-bond donors (Lipinski definition) is 1. The van der Waals surface area contributed by atoms with E-state index in [1.54, 1.807) is 13.8 Å². The maximum atomic E-state index is 11.2. The number of rotatable bonds is 1. The second-order valence-electron chi connectivity index (χ2n) is 3.60. The van der Waals surface area contributed by atoms with Crippen molar-refractivity contribution in [3.63, 3.8) is 0 Å². The van der Waals surface area contributed by atoms with Crippen LogP contribution < -0.4 is 5.63 Å². The smallest absolute Gasteiger partial charge is 0.336 e. The highest BCUT2D eigenvalue weighted by molar-refractivity contribution is 5.95. The molecule has 5 nitrogen and oxygen atoms in total. The fraction of sp³-hybridized carbons (Fsp3) is 0.182. The van der Waals surface area contributed by atoms with Crippen molar-refractivity contribution in [3.05, 3.63) is 38.6 Å². The lowest BCUT2D eigenvalue weighted by Gasteiger charge is -2.06. The van der Waals surface area contributed by atoms with Gasteiger partial charge >= 0.3 is 5.63 Å². The Kier molecular flexibility index (Phi) is 2.23. The number of phenolic OH excluding ortho intramolecular Hbond substituents is 1. The maximum Gasteiger partial charge on any atom is 0.336 e. The molecule has 0 atom stereocenters. The molecule has 0 unspecified atom stereocenters. The summed E-state index contributed by atoms with van der Waals surface area (Å²) in [5.74, 6) is -0.181. The van der Waals surface area contributed by atoms with Gasteiger partial charge in [-0.25, -0.2) is 4.79 Å². The summed E-state index contributed by atoms with van der Waals surface area (Å²) in [6.45, 7) is 3.26. The van der Waals surface area contributed by atoms with Crippen LogP contribution in [0, 0.1) is 18.8 Å². The van der Waals surface area contributed by atoms with Gasteiger partial charge in [-0.05, 0) is 36.2 Å². The minimum Gasteiger partial charge on any atom is -0.505 e. The number of nitrogens with zero attached hydrogens (tertiary/aromatic N) is 1. The van der Waals surface area contributed by atoms with Crippen molar-refractivity contribution in [2.75, 3.05) is 0 Å². The Bertz CT molecular complexity index is 642. The number of benzene rings is 1. The number of aromatic hydroxyl groups is 1. The lowest BCUT2D eigenvalue weighted by atomic mass is 10.1. The monoisotopic (exact) mass is 219 g/mol. The van der Waals surface area contributed by atoms with Gasteiger partial charge < -0.3 is 9.52 Å². The van der Waals surface area contributed by atoms with Gasteiger partial charge in [0.25, 0.3) is 0 Å². The Balaban J connectivity index is 3.08. The molecular formula is C11H9NO4. The molecule has 16 heavy (non-hydrogen) atoms. The van der Waals surface area contributed by atoms with Crippen molar-refractivity contribution in [1.29, 1.82) is 0 Å². The Morgan fingerprint density at radius 2 is 1.94 bits per heavy atom. The van der Waals surface area contributed by atoms with E-state index in [4.69, 9.17) is 4.42 Å². The second kappa shape index (κ2) is 3.44. The van der Waals surface area contributed by atoms with E-state index in [2.05, 4.69) is 5.18 Å². The van der Waals surface area contributed by atoms with Crippen molar-refractivity contribution >= 4 is 16.7 Å². The highest BCUT2D eigenvalue weighted by atomic mass is 16.4. The van der Waals surface area contributed by atoms with E-state index in [1.807, 2.05) is 0 Å². The third-order valence-corrected chi connectivity index (χ3v) is 2.46. The summed E-state index contributed by atoms with van der Waals surface area (Å²) >= 11 is 0. The summed E-state index contributed by atoms with van der Waals surface area (Å²) in [6.07, 6.45) is 0. The number of nitroso groups, excluding NO2 is 1. The van der Waals surface area contributed by atoms with E-state index in [9.17, 15) is 14.8 Å². The van der Waals surface area contributed by atoms with Gasteiger partial charge in [-0.2, -0.15) is 0 Å². The lowest BCUT2D eigenvalue weighted by Crippen LogP contribution is -1.98. The zero-order chi connectivity index (χ0) is 11.9. The maximum absolute atomic E-state index is 11.2. The van der Waals surface area contributed by atoms with Crippen molar-refractivity contribution in [1.82, 2.24) is 0 Å². The molecule has 0 saturated carbocycles. The van der Waals surface area contributed by atoms with E-state index in [-0.39, 0.29) is 17.0 Å². The molecule has 0 bridgehead atoms. The predicted molar refractivity (Wildman–Crippen MR) is 59.1 cm³/mol. The molecule has 0 aliphatic carbocycles. The van der Waals surface area contributed by atoms with Crippen LogP contribution in [-0.4, -0.2) is 5.11 Å². The SMILES string of the molecule is Cc1cc2oc(=O)cc(C)c2c(N=O)c1O. The molecule has 0 radical (unpaired) electrons. The highest BCUT2D eigenvalue weighted by Gasteiger charge is 2.15. The van der Waals surface area contributed by atoms with E-state index < -0.39 is 5.63 Å².